The van der Waals surface area contributed by atoms with E-state index in [0.29, 0.717) is 0 Å². The second kappa shape index (κ2) is 20.0. The molecule has 0 bridgehead atoms. The van der Waals surface area contributed by atoms with E-state index in [4.69, 9.17) is 0 Å². The standard InChI is InChI=1S/C21H45BrN.ClH/c1-4-6-8-10-12-14-16-19-23(3,21-18-22)20-17-15-13-11-9-7-5-2;/h4-21H2,1-3H3;1H/q+1;/p-1. The van der Waals surface area contributed by atoms with Crippen molar-refractivity contribution < 1.29 is 16.9 Å². The summed E-state index contributed by atoms with van der Waals surface area (Å²) in [6.45, 7) is 8.66. The van der Waals surface area contributed by atoms with Crippen molar-refractivity contribution in [2.45, 2.75) is 104 Å². The first-order valence-corrected chi connectivity index (χ1v) is 11.7. The van der Waals surface area contributed by atoms with E-state index < -0.39 is 0 Å². The third-order valence-corrected chi connectivity index (χ3v) is 5.58. The molecule has 0 aliphatic carbocycles. The molecule has 0 aromatic carbocycles. The van der Waals surface area contributed by atoms with Crippen molar-refractivity contribution in [3.05, 3.63) is 0 Å². The van der Waals surface area contributed by atoms with Crippen LogP contribution in [0.1, 0.15) is 104 Å². The summed E-state index contributed by atoms with van der Waals surface area (Å²) >= 11 is 3.67. The molecule has 0 saturated carbocycles. The van der Waals surface area contributed by atoms with Gasteiger partial charge in [-0.15, -0.1) is 0 Å². The maximum atomic E-state index is 3.67. The lowest BCUT2D eigenvalue weighted by molar-refractivity contribution is -0.907. The minimum atomic E-state index is 0. The summed E-state index contributed by atoms with van der Waals surface area (Å²) in [5, 5.41) is 1.15. The number of rotatable bonds is 18. The Morgan fingerprint density at radius 3 is 1.21 bits per heavy atom. The Balaban J connectivity index is 0. The molecule has 0 aliphatic heterocycles. The molecule has 0 amide bonds. The lowest BCUT2D eigenvalue weighted by Crippen LogP contribution is -3.00. The second-order valence-corrected chi connectivity index (χ2v) is 8.51. The van der Waals surface area contributed by atoms with Crippen LogP contribution in [0.3, 0.4) is 0 Å². The van der Waals surface area contributed by atoms with E-state index in [1.807, 2.05) is 0 Å². The molecule has 24 heavy (non-hydrogen) atoms. The summed E-state index contributed by atoms with van der Waals surface area (Å²) in [7, 11) is 2.48. The van der Waals surface area contributed by atoms with E-state index in [9.17, 15) is 0 Å². The molecule has 0 N–H and O–H groups in total. The molecule has 0 rings (SSSR count). The van der Waals surface area contributed by atoms with E-state index in [-0.39, 0.29) is 12.4 Å². The topological polar surface area (TPSA) is 0 Å². The van der Waals surface area contributed by atoms with Crippen molar-refractivity contribution in [1.29, 1.82) is 0 Å². The number of hydrogen-bond donors (Lipinski definition) is 0. The first-order valence-electron chi connectivity index (χ1n) is 10.6. The van der Waals surface area contributed by atoms with Gasteiger partial charge in [0, 0.05) is 0 Å². The summed E-state index contributed by atoms with van der Waals surface area (Å²) in [4.78, 5) is 0. The fourth-order valence-electron chi connectivity index (χ4n) is 3.44. The first-order chi connectivity index (χ1) is 11.2. The Bertz CT molecular complexity index is 218. The Hall–Kier alpha value is 0.730. The summed E-state index contributed by atoms with van der Waals surface area (Å²) in [5.74, 6) is 0. The van der Waals surface area contributed by atoms with Gasteiger partial charge < -0.3 is 16.9 Å². The van der Waals surface area contributed by atoms with Gasteiger partial charge in [0.15, 0.2) is 0 Å². The monoisotopic (exact) mass is 425 g/mol. The second-order valence-electron chi connectivity index (χ2n) is 7.72. The zero-order chi connectivity index (χ0) is 17.2. The Labute approximate surface area is 168 Å². The lowest BCUT2D eigenvalue weighted by atomic mass is 10.1. The molecule has 0 atom stereocenters. The van der Waals surface area contributed by atoms with E-state index in [1.54, 1.807) is 0 Å². The lowest BCUT2D eigenvalue weighted by Gasteiger charge is -2.34. The fraction of sp³-hybridized carbons (Fsp3) is 1.00. The molecule has 3 heteroatoms. The maximum absolute atomic E-state index is 3.67. The summed E-state index contributed by atoms with van der Waals surface area (Å²) in [6.07, 6.45) is 20.0. The van der Waals surface area contributed by atoms with Gasteiger partial charge in [0.2, 0.25) is 0 Å². The van der Waals surface area contributed by atoms with Crippen LogP contribution in [0, 0.1) is 0 Å². The molecule has 0 radical (unpaired) electrons. The summed E-state index contributed by atoms with van der Waals surface area (Å²) < 4.78 is 1.29. The highest BCUT2D eigenvalue weighted by molar-refractivity contribution is 9.09. The van der Waals surface area contributed by atoms with Gasteiger partial charge >= 0.3 is 0 Å². The number of quaternary nitrogens is 1. The van der Waals surface area contributed by atoms with Gasteiger partial charge in [-0.3, -0.25) is 0 Å². The molecule has 148 valence electrons. The Kier molecular flexibility index (Phi) is 22.5. The number of alkyl halides is 1. The van der Waals surface area contributed by atoms with Crippen LogP contribution in [-0.4, -0.2) is 36.5 Å². The van der Waals surface area contributed by atoms with Gasteiger partial charge in [0.1, 0.15) is 0 Å². The van der Waals surface area contributed by atoms with Gasteiger partial charge in [0.25, 0.3) is 0 Å². The van der Waals surface area contributed by atoms with Crippen LogP contribution >= 0.6 is 15.9 Å². The highest BCUT2D eigenvalue weighted by Gasteiger charge is 2.19. The van der Waals surface area contributed by atoms with E-state index in [2.05, 4.69) is 36.8 Å². The average molecular weight is 427 g/mol. The molecule has 1 nitrogen and oxygen atoms in total. The highest BCUT2D eigenvalue weighted by atomic mass is 79.9. The van der Waals surface area contributed by atoms with Crippen molar-refractivity contribution in [3.63, 3.8) is 0 Å². The third-order valence-electron chi connectivity index (χ3n) is 5.23. The highest BCUT2D eigenvalue weighted by Crippen LogP contribution is 2.14. The van der Waals surface area contributed by atoms with Crippen LogP contribution in [0.25, 0.3) is 0 Å². The largest absolute Gasteiger partial charge is 1.00 e. The van der Waals surface area contributed by atoms with Gasteiger partial charge in [-0.25, -0.2) is 0 Å². The number of hydrogen-bond acceptors (Lipinski definition) is 0. The smallest absolute Gasteiger partial charge is 0.0883 e. The third kappa shape index (κ3) is 17.5. The zero-order valence-electron chi connectivity index (χ0n) is 16.9. The van der Waals surface area contributed by atoms with Crippen molar-refractivity contribution in [1.82, 2.24) is 0 Å². The van der Waals surface area contributed by atoms with Gasteiger partial charge in [-0.1, -0.05) is 94.0 Å². The maximum Gasteiger partial charge on any atom is 0.0883 e. The predicted octanol–water partition coefficient (Wildman–Crippen LogP) is 4.33. The Morgan fingerprint density at radius 2 is 0.875 bits per heavy atom. The van der Waals surface area contributed by atoms with E-state index >= 15 is 0 Å². The van der Waals surface area contributed by atoms with Crippen LogP contribution in [0.15, 0.2) is 0 Å². The van der Waals surface area contributed by atoms with Crippen molar-refractivity contribution in [2.75, 3.05) is 32.0 Å². The van der Waals surface area contributed by atoms with Crippen LogP contribution in [-0.2, 0) is 0 Å². The van der Waals surface area contributed by atoms with Crippen LogP contribution < -0.4 is 12.4 Å². The Morgan fingerprint density at radius 1 is 0.542 bits per heavy atom. The molecular weight excluding hydrogens is 382 g/mol. The normalized spacial score (nSPS) is 11.5. The number of nitrogens with zero attached hydrogens (tertiary/aromatic N) is 1. The van der Waals surface area contributed by atoms with Gasteiger partial charge in [-0.05, 0) is 25.7 Å². The van der Waals surface area contributed by atoms with Crippen molar-refractivity contribution >= 4 is 15.9 Å². The SMILES string of the molecule is CCCCCCCCC[N+](C)(CCBr)CCCCCCCCC.[Cl-]. The summed E-state index contributed by atoms with van der Waals surface area (Å²) in [5.41, 5.74) is 0. The predicted molar refractivity (Wildman–Crippen MR) is 111 cm³/mol. The molecule has 0 unspecified atom stereocenters. The van der Waals surface area contributed by atoms with Crippen molar-refractivity contribution in [2.24, 2.45) is 0 Å². The molecule has 0 saturated heterocycles. The van der Waals surface area contributed by atoms with Crippen LogP contribution in [0.5, 0.6) is 0 Å². The molecular formula is C21H45BrClN. The minimum absolute atomic E-state index is 0. The number of halogens is 2. The van der Waals surface area contributed by atoms with Gasteiger partial charge in [-0.2, -0.15) is 0 Å². The quantitative estimate of drug-likeness (QED) is 0.174. The van der Waals surface area contributed by atoms with E-state index in [0.717, 1.165) is 5.33 Å². The van der Waals surface area contributed by atoms with Gasteiger partial charge in [0.05, 0.1) is 32.0 Å². The molecule has 0 fully saturated rings. The molecule has 0 aromatic heterocycles. The average Bonchev–Trinajstić information content (AvgIpc) is 2.53. The van der Waals surface area contributed by atoms with Crippen molar-refractivity contribution in [3.8, 4) is 0 Å². The molecule has 0 spiro atoms. The van der Waals surface area contributed by atoms with Crippen LogP contribution in [0.4, 0.5) is 0 Å². The first kappa shape index (κ1) is 27.0. The fourth-order valence-corrected chi connectivity index (χ4v) is 4.30. The molecule has 0 aromatic rings. The number of unbranched alkanes of at least 4 members (excludes halogenated alkanes) is 12. The van der Waals surface area contributed by atoms with Crippen LogP contribution in [0.2, 0.25) is 0 Å². The molecule has 0 aliphatic rings. The minimum Gasteiger partial charge on any atom is -1.00 e. The zero-order valence-corrected chi connectivity index (χ0v) is 19.3. The molecule has 0 heterocycles. The summed E-state index contributed by atoms with van der Waals surface area (Å²) in [6, 6.07) is 0. The van der Waals surface area contributed by atoms with E-state index in [1.165, 1.54) is 114 Å².